The Bertz CT molecular complexity index is 2020. The summed E-state index contributed by atoms with van der Waals surface area (Å²) in [6.07, 6.45) is -3.25. The molecule has 2 aromatic carbocycles. The molecule has 0 unspecified atom stereocenters. The van der Waals surface area contributed by atoms with Crippen LogP contribution in [0.3, 0.4) is 0 Å². The van der Waals surface area contributed by atoms with Crippen molar-refractivity contribution in [3.63, 3.8) is 0 Å². The van der Waals surface area contributed by atoms with Gasteiger partial charge in [0.15, 0.2) is 12.2 Å². The molecule has 0 aliphatic carbocycles. The number of benzene rings is 2. The van der Waals surface area contributed by atoms with E-state index in [2.05, 4.69) is 19.9 Å². The van der Waals surface area contributed by atoms with E-state index in [1.807, 2.05) is 31.2 Å². The number of nitrogens with zero attached hydrogens (tertiary/aromatic N) is 4. The summed E-state index contributed by atoms with van der Waals surface area (Å²) >= 11 is 5.74. The van der Waals surface area contributed by atoms with Gasteiger partial charge in [-0.25, -0.2) is 15.0 Å². The van der Waals surface area contributed by atoms with Crippen molar-refractivity contribution in [2.45, 2.75) is 31.3 Å². The predicted molar refractivity (Wildman–Crippen MR) is 198 cm³/mol. The van der Waals surface area contributed by atoms with Crippen LogP contribution < -0.4 is 20.9 Å². The van der Waals surface area contributed by atoms with Gasteiger partial charge < -0.3 is 41.4 Å². The molecule has 276 valence electrons. The summed E-state index contributed by atoms with van der Waals surface area (Å²) in [4.78, 5) is 38.8. The topological polar surface area (TPSA) is 237 Å². The van der Waals surface area contributed by atoms with Gasteiger partial charge in [0.1, 0.15) is 40.4 Å². The molecule has 0 radical (unpaired) electrons. The van der Waals surface area contributed by atoms with Crippen LogP contribution in [0.25, 0.3) is 22.5 Å². The maximum absolute atomic E-state index is 11.0. The molecule has 6 aromatic rings. The van der Waals surface area contributed by atoms with Crippen molar-refractivity contribution < 1.29 is 39.5 Å². The Morgan fingerprint density at radius 1 is 0.574 bits per heavy atom. The largest absolute Gasteiger partial charge is 0.456 e. The summed E-state index contributed by atoms with van der Waals surface area (Å²) in [5.74, 6) is 0.399. The van der Waals surface area contributed by atoms with Crippen molar-refractivity contribution in [2.75, 3.05) is 0 Å². The first-order valence-corrected chi connectivity index (χ1v) is 16.6. The Balaban J connectivity index is 0.000000208. The maximum atomic E-state index is 11.0. The third-order valence-electron chi connectivity index (χ3n) is 7.68. The summed E-state index contributed by atoms with van der Waals surface area (Å²) in [7, 11) is 0. The highest BCUT2D eigenvalue weighted by Gasteiger charge is 2.26. The van der Waals surface area contributed by atoms with Gasteiger partial charge in [0.25, 0.3) is 0 Å². The number of aryl methyl sites for hydroxylation is 1. The van der Waals surface area contributed by atoms with Gasteiger partial charge >= 0.3 is 0 Å². The summed E-state index contributed by atoms with van der Waals surface area (Å²) in [6, 6.07) is 31.2. The molecule has 0 spiro atoms. The van der Waals surface area contributed by atoms with Crippen molar-refractivity contribution in [3.8, 4) is 45.5 Å². The van der Waals surface area contributed by atoms with Gasteiger partial charge in [0, 0.05) is 16.8 Å². The van der Waals surface area contributed by atoms with E-state index in [1.165, 1.54) is 18.3 Å². The molecule has 14 nitrogen and oxygen atoms in total. The fourth-order valence-electron chi connectivity index (χ4n) is 4.79. The predicted octanol–water partition coefficient (Wildman–Crippen LogP) is 4.59. The lowest BCUT2D eigenvalue weighted by Crippen LogP contribution is -2.34. The van der Waals surface area contributed by atoms with E-state index < -0.39 is 36.2 Å². The fourth-order valence-corrected chi connectivity index (χ4v) is 4.90. The minimum atomic E-state index is -1.73. The molecule has 8 N–H and O–H groups in total. The minimum absolute atomic E-state index is 0.145. The number of primary amides is 2. The van der Waals surface area contributed by atoms with E-state index in [1.54, 1.807) is 79.0 Å². The van der Waals surface area contributed by atoms with Crippen LogP contribution >= 0.6 is 11.6 Å². The molecular formula is C39H35ClN6O8. The van der Waals surface area contributed by atoms with Gasteiger partial charge in [-0.3, -0.25) is 14.6 Å². The monoisotopic (exact) mass is 750 g/mol. The quantitative estimate of drug-likeness (QED) is 0.0942. The van der Waals surface area contributed by atoms with Crippen LogP contribution in [-0.2, 0) is 9.59 Å². The average molecular weight is 751 g/mol. The molecule has 0 saturated heterocycles. The lowest BCUT2D eigenvalue weighted by molar-refractivity contribution is -0.132. The highest BCUT2D eigenvalue weighted by Crippen LogP contribution is 2.28. The highest BCUT2D eigenvalue weighted by molar-refractivity contribution is 6.29. The minimum Gasteiger partial charge on any atom is -0.456 e. The normalized spacial score (nSPS) is 13.0. The molecule has 0 aliphatic heterocycles. The van der Waals surface area contributed by atoms with Crippen molar-refractivity contribution in [1.29, 1.82) is 0 Å². The van der Waals surface area contributed by atoms with Crippen molar-refractivity contribution in [1.82, 2.24) is 19.9 Å². The first-order chi connectivity index (χ1) is 25.9. The second-order valence-corrected chi connectivity index (χ2v) is 12.1. The molecule has 0 saturated carbocycles. The highest BCUT2D eigenvalue weighted by atomic mass is 35.5. The van der Waals surface area contributed by atoms with E-state index in [0.717, 1.165) is 16.8 Å². The molecule has 15 heteroatoms. The second kappa shape index (κ2) is 18.0. The Labute approximate surface area is 314 Å². The number of pyridine rings is 4. The number of hydrogen-bond donors (Lipinski definition) is 6. The van der Waals surface area contributed by atoms with Crippen LogP contribution in [0.2, 0.25) is 5.15 Å². The van der Waals surface area contributed by atoms with Gasteiger partial charge in [-0.1, -0.05) is 23.7 Å². The van der Waals surface area contributed by atoms with Crippen molar-refractivity contribution in [2.24, 2.45) is 11.5 Å². The summed E-state index contributed by atoms with van der Waals surface area (Å²) in [5, 5.41) is 39.6. The number of halogens is 1. The number of nitrogens with two attached hydrogens (primary N) is 2. The Morgan fingerprint density at radius 2 is 0.981 bits per heavy atom. The molecule has 4 heterocycles. The van der Waals surface area contributed by atoms with Gasteiger partial charge in [-0.2, -0.15) is 0 Å². The summed E-state index contributed by atoms with van der Waals surface area (Å²) < 4.78 is 11.4. The van der Waals surface area contributed by atoms with Crippen LogP contribution in [-0.4, -0.2) is 64.4 Å². The van der Waals surface area contributed by atoms with Crippen LogP contribution in [0.5, 0.6) is 23.0 Å². The number of aliphatic hydroxyl groups is 4. The molecule has 4 atom stereocenters. The molecule has 4 aromatic heterocycles. The first kappa shape index (κ1) is 38.9. The van der Waals surface area contributed by atoms with Crippen LogP contribution in [0.4, 0.5) is 0 Å². The molecular weight excluding hydrogens is 716 g/mol. The standard InChI is InChI=1S/C20H19N3O4.C19H16ClN3O4/c1-12-5-8-15(11-22-12)27-14-9-6-13(7-10-14)16-3-2-4-17(23-16)18(24)19(25)20(21)26;20-16-9-8-13(10-22-16)27-12-6-4-11(5-7-12)14-2-1-3-15(23-14)17(24)18(25)19(21)26/h2-11,18-19,24-25H,1H3,(H2,21,26);1-10,17-18,24-25H,(H2,21,26)/t18-,19+;17-,18+/m01/s1. The van der Waals surface area contributed by atoms with Crippen molar-refractivity contribution >= 4 is 23.4 Å². The van der Waals surface area contributed by atoms with E-state index in [4.69, 9.17) is 32.5 Å². The third-order valence-corrected chi connectivity index (χ3v) is 7.91. The maximum Gasteiger partial charge on any atom is 0.249 e. The van der Waals surface area contributed by atoms with Gasteiger partial charge in [-0.15, -0.1) is 0 Å². The van der Waals surface area contributed by atoms with E-state index in [9.17, 15) is 30.0 Å². The van der Waals surface area contributed by atoms with E-state index in [-0.39, 0.29) is 11.4 Å². The zero-order valence-electron chi connectivity index (χ0n) is 28.6. The zero-order chi connectivity index (χ0) is 38.8. The summed E-state index contributed by atoms with van der Waals surface area (Å²) in [5.41, 5.74) is 13.9. The number of carbonyl (C=O) groups is 2. The van der Waals surface area contributed by atoms with Crippen molar-refractivity contribution in [3.05, 3.63) is 144 Å². The number of carbonyl (C=O) groups excluding carboxylic acids is 2. The Kier molecular flexibility index (Phi) is 12.9. The molecule has 2 amide bonds. The molecule has 0 fully saturated rings. The lowest BCUT2D eigenvalue weighted by Gasteiger charge is -2.15. The zero-order valence-corrected chi connectivity index (χ0v) is 29.4. The van der Waals surface area contributed by atoms with Gasteiger partial charge in [0.2, 0.25) is 11.8 Å². The second-order valence-electron chi connectivity index (χ2n) is 11.7. The van der Waals surface area contributed by atoms with E-state index in [0.29, 0.717) is 39.5 Å². The number of aliphatic hydroxyl groups excluding tert-OH is 4. The lowest BCUT2D eigenvalue weighted by atomic mass is 10.1. The summed E-state index contributed by atoms with van der Waals surface area (Å²) in [6.45, 7) is 1.90. The van der Waals surface area contributed by atoms with Crippen LogP contribution in [0.1, 0.15) is 29.3 Å². The number of aromatic nitrogens is 4. The Hall–Kier alpha value is -6.29. The number of hydrogen-bond acceptors (Lipinski definition) is 12. The number of rotatable bonds is 12. The van der Waals surface area contributed by atoms with Gasteiger partial charge in [0.05, 0.1) is 35.2 Å². The number of amides is 2. The first-order valence-electron chi connectivity index (χ1n) is 16.2. The SMILES string of the molecule is Cc1ccc(Oc2ccc(-c3cccc([C@H](O)[C@@H](O)C(N)=O)n3)cc2)cn1.NC(=O)[C@@H](O)[C@H](O)c1cccc(-c2ccc(Oc3ccc(Cl)nc3)cc2)n1. The van der Waals surface area contributed by atoms with E-state index >= 15 is 0 Å². The number of ether oxygens (including phenoxy) is 2. The fraction of sp³-hybridized carbons (Fsp3) is 0.128. The van der Waals surface area contributed by atoms with Gasteiger partial charge in [-0.05, 0) is 104 Å². The average Bonchev–Trinajstić information content (AvgIpc) is 3.19. The molecule has 0 bridgehead atoms. The molecule has 0 aliphatic rings. The third kappa shape index (κ3) is 10.4. The molecule has 54 heavy (non-hydrogen) atoms. The molecule has 6 rings (SSSR count). The smallest absolute Gasteiger partial charge is 0.249 e. The van der Waals surface area contributed by atoms with Crippen LogP contribution in [0.15, 0.2) is 122 Å². The van der Waals surface area contributed by atoms with Crippen LogP contribution in [0, 0.1) is 6.92 Å². The Morgan fingerprint density at radius 3 is 1.35 bits per heavy atom.